The topological polar surface area (TPSA) is 44.8 Å². The number of rotatable bonds is 3. The fourth-order valence-corrected chi connectivity index (χ4v) is 2.82. The minimum absolute atomic E-state index is 0.0874. The smallest absolute Gasteiger partial charge is 0.231 e. The average Bonchev–Trinajstić information content (AvgIpc) is 2.83. The first-order valence-corrected chi connectivity index (χ1v) is 6.79. The van der Waals surface area contributed by atoms with Crippen LogP contribution in [0, 0.1) is 0 Å². The van der Waals surface area contributed by atoms with Crippen LogP contribution in [0.4, 0.5) is 0 Å². The second-order valence-corrected chi connectivity index (χ2v) is 5.18. The van der Waals surface area contributed by atoms with Crippen molar-refractivity contribution in [3.05, 3.63) is 17.7 Å². The average molecular weight is 262 g/mol. The van der Waals surface area contributed by atoms with Gasteiger partial charge in [0, 0.05) is 11.6 Å². The van der Waals surface area contributed by atoms with Gasteiger partial charge >= 0.3 is 0 Å². The van der Waals surface area contributed by atoms with Crippen LogP contribution >= 0.6 is 0 Å². The van der Waals surface area contributed by atoms with E-state index in [2.05, 4.69) is 6.92 Å². The van der Waals surface area contributed by atoms with E-state index >= 15 is 0 Å². The van der Waals surface area contributed by atoms with Gasteiger partial charge in [-0.05, 0) is 31.7 Å². The summed E-state index contributed by atoms with van der Waals surface area (Å²) in [5.74, 6) is 2.71. The largest absolute Gasteiger partial charge is 0.482 e. The summed E-state index contributed by atoms with van der Waals surface area (Å²) in [6.45, 7) is 4.00. The Hall–Kier alpha value is -1.71. The Morgan fingerprint density at radius 3 is 2.68 bits per heavy atom. The van der Waals surface area contributed by atoms with Gasteiger partial charge in [0.25, 0.3) is 0 Å². The van der Waals surface area contributed by atoms with Crippen molar-refractivity contribution in [2.45, 2.75) is 45.1 Å². The van der Waals surface area contributed by atoms with Gasteiger partial charge in [-0.2, -0.15) is 0 Å². The zero-order valence-electron chi connectivity index (χ0n) is 11.3. The number of benzene rings is 1. The highest BCUT2D eigenvalue weighted by Crippen LogP contribution is 2.46. The maximum atomic E-state index is 11.6. The lowest BCUT2D eigenvalue weighted by molar-refractivity contribution is -0.124. The molecule has 2 atom stereocenters. The first-order valence-electron chi connectivity index (χ1n) is 6.79. The molecule has 19 heavy (non-hydrogen) atoms. The molecule has 1 aromatic carbocycles. The summed E-state index contributed by atoms with van der Waals surface area (Å²) in [4.78, 5) is 11.6. The number of ketones is 1. The molecule has 0 saturated carbocycles. The molecule has 0 amide bonds. The number of hydrogen-bond donors (Lipinski definition) is 0. The van der Waals surface area contributed by atoms with E-state index in [-0.39, 0.29) is 18.7 Å². The van der Waals surface area contributed by atoms with Crippen LogP contribution < -0.4 is 14.2 Å². The lowest BCUT2D eigenvalue weighted by Gasteiger charge is -2.31. The first-order chi connectivity index (χ1) is 9.19. The van der Waals surface area contributed by atoms with Crippen molar-refractivity contribution in [3.63, 3.8) is 0 Å². The molecule has 0 N–H and O–H groups in total. The summed E-state index contributed by atoms with van der Waals surface area (Å²) in [7, 11) is 0. The van der Waals surface area contributed by atoms with Crippen molar-refractivity contribution in [2.24, 2.45) is 0 Å². The molecular weight excluding hydrogens is 244 g/mol. The Labute approximate surface area is 112 Å². The summed E-state index contributed by atoms with van der Waals surface area (Å²) in [6.07, 6.45) is 2.57. The van der Waals surface area contributed by atoms with E-state index in [1.807, 2.05) is 12.1 Å². The SMILES string of the molecule is CCCC1CC(C(C)=O)Oc2cc3c(cc21)OCO3. The van der Waals surface area contributed by atoms with E-state index < -0.39 is 0 Å². The van der Waals surface area contributed by atoms with Crippen molar-refractivity contribution in [1.29, 1.82) is 0 Å². The molecule has 0 aromatic heterocycles. The summed E-state index contributed by atoms with van der Waals surface area (Å²) < 4.78 is 16.6. The van der Waals surface area contributed by atoms with Gasteiger partial charge in [-0.1, -0.05) is 13.3 Å². The van der Waals surface area contributed by atoms with E-state index in [0.717, 1.165) is 36.3 Å². The van der Waals surface area contributed by atoms with Gasteiger partial charge in [-0.25, -0.2) is 0 Å². The lowest BCUT2D eigenvalue weighted by atomic mass is 9.85. The number of hydrogen-bond acceptors (Lipinski definition) is 4. The molecule has 4 heteroatoms. The molecule has 0 aliphatic carbocycles. The Balaban J connectivity index is 1.99. The van der Waals surface area contributed by atoms with Crippen molar-refractivity contribution in [2.75, 3.05) is 6.79 Å². The molecule has 2 aliphatic rings. The van der Waals surface area contributed by atoms with Crippen LogP contribution in [-0.4, -0.2) is 18.7 Å². The zero-order valence-corrected chi connectivity index (χ0v) is 11.3. The standard InChI is InChI=1S/C15H18O4/c1-3-4-10-5-12(9(2)16)19-13-7-15-14(6-11(10)13)17-8-18-15/h6-7,10,12H,3-5,8H2,1-2H3. The molecule has 4 nitrogen and oxygen atoms in total. The summed E-state index contributed by atoms with van der Waals surface area (Å²) in [5.41, 5.74) is 1.14. The highest BCUT2D eigenvalue weighted by atomic mass is 16.7. The van der Waals surface area contributed by atoms with Gasteiger partial charge in [0.15, 0.2) is 23.4 Å². The fraction of sp³-hybridized carbons (Fsp3) is 0.533. The molecule has 2 heterocycles. The third-order valence-corrected chi connectivity index (χ3v) is 3.80. The monoisotopic (exact) mass is 262 g/mol. The van der Waals surface area contributed by atoms with Crippen molar-refractivity contribution in [3.8, 4) is 17.2 Å². The predicted octanol–water partition coefficient (Wildman–Crippen LogP) is 3.04. The molecule has 0 bridgehead atoms. The van der Waals surface area contributed by atoms with Crippen LogP contribution in [0.25, 0.3) is 0 Å². The molecule has 0 radical (unpaired) electrons. The normalized spacial score (nSPS) is 23.7. The van der Waals surface area contributed by atoms with Crippen LogP contribution in [0.1, 0.15) is 44.6 Å². The Morgan fingerprint density at radius 2 is 2.00 bits per heavy atom. The van der Waals surface area contributed by atoms with E-state index in [0.29, 0.717) is 11.7 Å². The number of fused-ring (bicyclic) bond motifs is 2. The number of ether oxygens (including phenoxy) is 3. The molecule has 2 aliphatic heterocycles. The summed E-state index contributed by atoms with van der Waals surface area (Å²) in [5, 5.41) is 0. The quantitative estimate of drug-likeness (QED) is 0.840. The highest BCUT2D eigenvalue weighted by molar-refractivity contribution is 5.81. The number of carbonyl (C=O) groups excluding carboxylic acids is 1. The second kappa shape index (κ2) is 4.76. The molecule has 0 spiro atoms. The van der Waals surface area contributed by atoms with E-state index in [1.54, 1.807) is 6.92 Å². The Morgan fingerprint density at radius 1 is 1.26 bits per heavy atom. The van der Waals surface area contributed by atoms with Gasteiger partial charge in [-0.15, -0.1) is 0 Å². The van der Waals surface area contributed by atoms with Crippen LogP contribution in [0.5, 0.6) is 17.2 Å². The van der Waals surface area contributed by atoms with Gasteiger partial charge < -0.3 is 14.2 Å². The van der Waals surface area contributed by atoms with E-state index in [1.165, 1.54) is 0 Å². The molecule has 1 aromatic rings. The van der Waals surface area contributed by atoms with Crippen molar-refractivity contribution in [1.82, 2.24) is 0 Å². The second-order valence-electron chi connectivity index (χ2n) is 5.18. The zero-order chi connectivity index (χ0) is 13.4. The first kappa shape index (κ1) is 12.3. The third kappa shape index (κ3) is 2.15. The molecule has 102 valence electrons. The van der Waals surface area contributed by atoms with Crippen molar-refractivity contribution < 1.29 is 19.0 Å². The summed E-state index contributed by atoms with van der Waals surface area (Å²) >= 11 is 0. The van der Waals surface area contributed by atoms with Gasteiger partial charge in [0.2, 0.25) is 6.79 Å². The molecule has 0 fully saturated rings. The molecule has 3 rings (SSSR count). The van der Waals surface area contributed by atoms with Crippen molar-refractivity contribution >= 4 is 5.78 Å². The fourth-order valence-electron chi connectivity index (χ4n) is 2.82. The summed E-state index contributed by atoms with van der Waals surface area (Å²) in [6, 6.07) is 3.86. The maximum absolute atomic E-state index is 11.6. The molecule has 0 saturated heterocycles. The molecular formula is C15H18O4. The predicted molar refractivity (Wildman–Crippen MR) is 69.9 cm³/mol. The minimum atomic E-state index is -0.329. The van der Waals surface area contributed by atoms with Gasteiger partial charge in [-0.3, -0.25) is 4.79 Å². The Bertz CT molecular complexity index is 509. The number of Topliss-reactive ketones (excluding diaryl/α,β-unsaturated/α-hetero) is 1. The maximum Gasteiger partial charge on any atom is 0.231 e. The van der Waals surface area contributed by atoms with E-state index in [9.17, 15) is 4.79 Å². The minimum Gasteiger partial charge on any atom is -0.482 e. The van der Waals surface area contributed by atoms with E-state index in [4.69, 9.17) is 14.2 Å². The van der Waals surface area contributed by atoms with Crippen LogP contribution in [0.2, 0.25) is 0 Å². The Kier molecular flexibility index (Phi) is 3.09. The highest BCUT2D eigenvalue weighted by Gasteiger charge is 2.32. The van der Waals surface area contributed by atoms with Crippen LogP contribution in [-0.2, 0) is 4.79 Å². The molecule has 2 unspecified atom stereocenters. The lowest BCUT2D eigenvalue weighted by Crippen LogP contribution is -2.31. The number of carbonyl (C=O) groups is 1. The van der Waals surface area contributed by atoms with Gasteiger partial charge in [0.05, 0.1) is 0 Å². The van der Waals surface area contributed by atoms with Crippen LogP contribution in [0.15, 0.2) is 12.1 Å². The van der Waals surface area contributed by atoms with Crippen LogP contribution in [0.3, 0.4) is 0 Å². The van der Waals surface area contributed by atoms with Gasteiger partial charge in [0.1, 0.15) is 5.75 Å². The third-order valence-electron chi connectivity index (χ3n) is 3.80.